The smallest absolute Gasteiger partial charge is 0.227 e. The van der Waals surface area contributed by atoms with E-state index in [-0.39, 0.29) is 11.8 Å². The number of para-hydroxylation sites is 1. The lowest BCUT2D eigenvalue weighted by atomic mass is 9.95. The average molecular weight is 400 g/mol. The van der Waals surface area contributed by atoms with Crippen LogP contribution in [-0.2, 0) is 11.3 Å². The molecule has 3 heterocycles. The summed E-state index contributed by atoms with van der Waals surface area (Å²) in [6.45, 7) is 2.57. The zero-order valence-corrected chi connectivity index (χ0v) is 16.7. The predicted molar refractivity (Wildman–Crippen MR) is 117 cm³/mol. The summed E-state index contributed by atoms with van der Waals surface area (Å²) in [6.07, 6.45) is 3.43. The number of furan rings is 1. The second-order valence-electron chi connectivity index (χ2n) is 7.84. The van der Waals surface area contributed by atoms with E-state index in [0.29, 0.717) is 0 Å². The standard InChI is InChI=1S/C24H24N4O2/c29-24(26-20-6-3-5-18(14-20)22-8-11-25-27-22)17-9-12-28(13-10-17)16-21-15-19-4-1-2-7-23(19)30-21/h1-8,11,14-15,17H,9-10,12-13,16H2,(H,25,27)(H,26,29). The summed E-state index contributed by atoms with van der Waals surface area (Å²) in [6, 6.07) is 20.0. The third kappa shape index (κ3) is 4.00. The number of benzene rings is 2. The largest absolute Gasteiger partial charge is 0.460 e. The number of aromatic amines is 1. The Morgan fingerprint density at radius 1 is 1.10 bits per heavy atom. The minimum absolute atomic E-state index is 0.0349. The third-order valence-electron chi connectivity index (χ3n) is 5.76. The van der Waals surface area contributed by atoms with Gasteiger partial charge in [-0.3, -0.25) is 14.8 Å². The number of nitrogens with zero attached hydrogens (tertiary/aromatic N) is 2. The highest BCUT2D eigenvalue weighted by atomic mass is 16.3. The van der Waals surface area contributed by atoms with E-state index in [1.54, 1.807) is 6.20 Å². The second kappa shape index (κ2) is 8.16. The van der Waals surface area contributed by atoms with Gasteiger partial charge in [-0.15, -0.1) is 0 Å². The van der Waals surface area contributed by atoms with Gasteiger partial charge >= 0.3 is 0 Å². The van der Waals surface area contributed by atoms with Crippen LogP contribution in [0.25, 0.3) is 22.2 Å². The van der Waals surface area contributed by atoms with Crippen molar-refractivity contribution < 1.29 is 9.21 Å². The molecular weight excluding hydrogens is 376 g/mol. The number of aromatic nitrogens is 2. The van der Waals surface area contributed by atoms with Crippen LogP contribution in [0.3, 0.4) is 0 Å². The predicted octanol–water partition coefficient (Wildman–Crippen LogP) is 4.67. The first-order valence-electron chi connectivity index (χ1n) is 10.3. The molecule has 1 aliphatic rings. The van der Waals surface area contributed by atoms with Gasteiger partial charge in [0.2, 0.25) is 5.91 Å². The van der Waals surface area contributed by atoms with E-state index in [9.17, 15) is 4.79 Å². The summed E-state index contributed by atoms with van der Waals surface area (Å²) < 4.78 is 5.94. The van der Waals surface area contributed by atoms with Crippen LogP contribution in [0, 0.1) is 5.92 Å². The lowest BCUT2D eigenvalue weighted by Gasteiger charge is -2.30. The molecule has 0 bridgehead atoms. The molecule has 1 saturated heterocycles. The van der Waals surface area contributed by atoms with E-state index in [1.165, 1.54) is 0 Å². The molecule has 2 aromatic carbocycles. The van der Waals surface area contributed by atoms with Crippen LogP contribution in [0.15, 0.2) is 71.3 Å². The number of carbonyl (C=O) groups excluding carboxylic acids is 1. The van der Waals surface area contributed by atoms with Crippen molar-refractivity contribution in [1.82, 2.24) is 15.1 Å². The maximum absolute atomic E-state index is 12.8. The number of likely N-dealkylation sites (tertiary alicyclic amines) is 1. The van der Waals surface area contributed by atoms with Crippen molar-refractivity contribution in [2.24, 2.45) is 5.92 Å². The Kier molecular flexibility index (Phi) is 5.07. The van der Waals surface area contributed by atoms with Gasteiger partial charge in [0.25, 0.3) is 0 Å². The molecule has 2 aromatic heterocycles. The highest BCUT2D eigenvalue weighted by Crippen LogP contribution is 2.25. The van der Waals surface area contributed by atoms with E-state index < -0.39 is 0 Å². The van der Waals surface area contributed by atoms with Gasteiger partial charge in [-0.25, -0.2) is 0 Å². The Bertz CT molecular complexity index is 1110. The van der Waals surface area contributed by atoms with E-state index >= 15 is 0 Å². The van der Waals surface area contributed by atoms with Crippen molar-refractivity contribution in [3.8, 4) is 11.3 Å². The van der Waals surface area contributed by atoms with Crippen molar-refractivity contribution in [2.45, 2.75) is 19.4 Å². The number of amides is 1. The Balaban J connectivity index is 1.16. The van der Waals surface area contributed by atoms with Gasteiger partial charge < -0.3 is 9.73 Å². The van der Waals surface area contributed by atoms with Crippen molar-refractivity contribution in [2.75, 3.05) is 18.4 Å². The molecule has 30 heavy (non-hydrogen) atoms. The Morgan fingerprint density at radius 2 is 1.97 bits per heavy atom. The van der Waals surface area contributed by atoms with Crippen LogP contribution in [0.1, 0.15) is 18.6 Å². The minimum atomic E-state index is 0.0349. The van der Waals surface area contributed by atoms with Gasteiger partial charge in [0.1, 0.15) is 11.3 Å². The Labute approximate surface area is 174 Å². The minimum Gasteiger partial charge on any atom is -0.460 e. The van der Waals surface area contributed by atoms with Crippen molar-refractivity contribution >= 4 is 22.6 Å². The molecule has 0 aliphatic carbocycles. The molecule has 0 spiro atoms. The number of carbonyl (C=O) groups is 1. The van der Waals surface area contributed by atoms with Crippen molar-refractivity contribution in [3.05, 3.63) is 72.6 Å². The molecule has 6 nitrogen and oxygen atoms in total. The summed E-state index contributed by atoms with van der Waals surface area (Å²) >= 11 is 0. The first-order chi connectivity index (χ1) is 14.7. The van der Waals surface area contributed by atoms with E-state index in [0.717, 1.165) is 66.2 Å². The van der Waals surface area contributed by atoms with Crippen molar-refractivity contribution in [1.29, 1.82) is 0 Å². The quantitative estimate of drug-likeness (QED) is 0.510. The number of hydrogen-bond acceptors (Lipinski definition) is 4. The molecule has 0 saturated carbocycles. The number of anilines is 1. The molecule has 5 rings (SSSR count). The number of nitrogens with one attached hydrogen (secondary N) is 2. The number of piperidine rings is 1. The Morgan fingerprint density at radius 3 is 2.77 bits per heavy atom. The lowest BCUT2D eigenvalue weighted by Crippen LogP contribution is -2.37. The lowest BCUT2D eigenvalue weighted by molar-refractivity contribution is -0.121. The maximum Gasteiger partial charge on any atom is 0.227 e. The number of fused-ring (bicyclic) bond motifs is 1. The Hall–Kier alpha value is -3.38. The number of hydrogen-bond donors (Lipinski definition) is 2. The first-order valence-corrected chi connectivity index (χ1v) is 10.3. The summed E-state index contributed by atoms with van der Waals surface area (Å²) in [5, 5.41) is 11.2. The maximum atomic E-state index is 12.8. The fourth-order valence-electron chi connectivity index (χ4n) is 4.11. The highest BCUT2D eigenvalue weighted by molar-refractivity contribution is 5.93. The van der Waals surface area contributed by atoms with Crippen LogP contribution in [0.5, 0.6) is 0 Å². The second-order valence-corrected chi connectivity index (χ2v) is 7.84. The van der Waals surface area contributed by atoms with Gasteiger partial charge in [0.05, 0.1) is 12.2 Å². The topological polar surface area (TPSA) is 74.2 Å². The molecule has 4 aromatic rings. The molecule has 1 fully saturated rings. The summed E-state index contributed by atoms with van der Waals surface area (Å²) in [5.74, 6) is 1.11. The number of rotatable bonds is 5. The molecule has 152 valence electrons. The van der Waals surface area contributed by atoms with Gasteiger partial charge in [0, 0.05) is 28.8 Å². The summed E-state index contributed by atoms with van der Waals surface area (Å²) in [7, 11) is 0. The monoisotopic (exact) mass is 400 g/mol. The van der Waals surface area contributed by atoms with Crippen LogP contribution in [0.2, 0.25) is 0 Å². The van der Waals surface area contributed by atoms with Crippen LogP contribution in [0.4, 0.5) is 5.69 Å². The van der Waals surface area contributed by atoms with Crippen LogP contribution >= 0.6 is 0 Å². The van der Waals surface area contributed by atoms with E-state index in [4.69, 9.17) is 4.42 Å². The molecule has 0 unspecified atom stereocenters. The summed E-state index contributed by atoms with van der Waals surface area (Å²) in [5.41, 5.74) is 3.69. The van der Waals surface area contributed by atoms with Crippen molar-refractivity contribution in [3.63, 3.8) is 0 Å². The normalized spacial score (nSPS) is 15.5. The number of H-pyrrole nitrogens is 1. The van der Waals surface area contributed by atoms with Crippen LogP contribution < -0.4 is 5.32 Å². The molecule has 6 heteroatoms. The van der Waals surface area contributed by atoms with E-state index in [1.807, 2.05) is 48.5 Å². The fraction of sp³-hybridized carbons (Fsp3) is 0.250. The van der Waals surface area contributed by atoms with Gasteiger partial charge in [-0.1, -0.05) is 30.3 Å². The molecule has 0 atom stereocenters. The zero-order chi connectivity index (χ0) is 20.3. The third-order valence-corrected chi connectivity index (χ3v) is 5.76. The molecular formula is C24H24N4O2. The first kappa shape index (κ1) is 18.6. The van der Waals surface area contributed by atoms with Gasteiger partial charge in [-0.05, 0) is 56.3 Å². The summed E-state index contributed by atoms with van der Waals surface area (Å²) in [4.78, 5) is 15.1. The molecule has 1 aliphatic heterocycles. The van der Waals surface area contributed by atoms with Gasteiger partial charge in [-0.2, -0.15) is 5.10 Å². The molecule has 2 N–H and O–H groups in total. The highest BCUT2D eigenvalue weighted by Gasteiger charge is 2.25. The van der Waals surface area contributed by atoms with Gasteiger partial charge in [0.15, 0.2) is 0 Å². The average Bonchev–Trinajstić information content (AvgIpc) is 3.44. The van der Waals surface area contributed by atoms with Crippen LogP contribution in [-0.4, -0.2) is 34.1 Å². The molecule has 0 radical (unpaired) electrons. The molecule has 1 amide bonds. The zero-order valence-electron chi connectivity index (χ0n) is 16.7. The van der Waals surface area contributed by atoms with E-state index in [2.05, 4.69) is 32.5 Å². The SMILES string of the molecule is O=C(Nc1cccc(-c2ccn[nH]2)c1)C1CCN(Cc2cc3ccccc3o2)CC1. The fourth-order valence-corrected chi connectivity index (χ4v) is 4.11.